The predicted molar refractivity (Wildman–Crippen MR) is 152 cm³/mol. The number of fused-ring (bicyclic) bond motifs is 1. The van der Waals surface area contributed by atoms with Crippen molar-refractivity contribution in [2.75, 3.05) is 19.3 Å². The Kier molecular flexibility index (Phi) is 10.7. The van der Waals surface area contributed by atoms with Gasteiger partial charge in [-0.3, -0.25) is 4.55 Å². The normalized spacial score (nSPS) is 15.1. The highest BCUT2D eigenvalue weighted by atomic mass is 32.2. The van der Waals surface area contributed by atoms with Gasteiger partial charge in [0.25, 0.3) is 10.1 Å². The SMILES string of the molecule is CS(=O)(=O)O.[C-]#[N+]c1ccc2c(c1)c(CCC(NCCCN)c1cccc(C)c1)cn2C1CCCCC1. The van der Waals surface area contributed by atoms with Gasteiger partial charge in [-0.15, -0.1) is 0 Å². The van der Waals surface area contributed by atoms with Crippen LogP contribution in [-0.2, 0) is 16.5 Å². The van der Waals surface area contributed by atoms with E-state index in [1.807, 2.05) is 6.07 Å². The van der Waals surface area contributed by atoms with Gasteiger partial charge in [-0.1, -0.05) is 55.2 Å². The molecule has 37 heavy (non-hydrogen) atoms. The molecular weight excluding hydrogens is 484 g/mol. The highest BCUT2D eigenvalue weighted by Crippen LogP contribution is 2.35. The summed E-state index contributed by atoms with van der Waals surface area (Å²) in [5.41, 5.74) is 11.8. The van der Waals surface area contributed by atoms with Gasteiger partial charge in [0.1, 0.15) is 0 Å². The number of rotatable bonds is 9. The first-order valence-corrected chi connectivity index (χ1v) is 15.0. The van der Waals surface area contributed by atoms with Gasteiger partial charge in [0.05, 0.1) is 12.8 Å². The second-order valence-corrected chi connectivity index (χ2v) is 11.5. The summed E-state index contributed by atoms with van der Waals surface area (Å²) in [5, 5.41) is 5.00. The van der Waals surface area contributed by atoms with Crippen molar-refractivity contribution in [1.82, 2.24) is 9.88 Å². The quantitative estimate of drug-likeness (QED) is 0.178. The minimum absolute atomic E-state index is 0.304. The Hall–Kier alpha value is -2.70. The standard InChI is InChI=1S/C28H36N4.CH4O3S/c1-21-8-6-9-22(18-21)27(31-17-7-16-29)14-12-23-20-32(25-10-4-3-5-11-25)28-15-13-24(30-2)19-26(23)28;1-5(2,3)4/h6,8-9,13,15,18-20,25,27,31H,3-5,7,10-12,14,16-17,29H2,1H3;1H3,(H,2,3,4). The van der Waals surface area contributed by atoms with Crippen LogP contribution in [0.5, 0.6) is 0 Å². The number of hydrogen-bond donors (Lipinski definition) is 3. The lowest BCUT2D eigenvalue weighted by molar-refractivity contribution is 0.360. The van der Waals surface area contributed by atoms with Gasteiger partial charge in [-0.2, -0.15) is 8.42 Å². The van der Waals surface area contributed by atoms with E-state index in [2.05, 4.69) is 64.2 Å². The molecule has 0 amide bonds. The molecule has 8 heteroatoms. The number of hydrogen-bond acceptors (Lipinski definition) is 4. The molecule has 200 valence electrons. The third-order valence-corrected chi connectivity index (χ3v) is 6.91. The molecule has 0 radical (unpaired) electrons. The molecule has 0 spiro atoms. The topological polar surface area (TPSA) is 102 Å². The zero-order valence-electron chi connectivity index (χ0n) is 22.0. The molecular formula is C29H40N4O3S. The molecule has 1 saturated carbocycles. The van der Waals surface area contributed by atoms with Crippen molar-refractivity contribution in [3.63, 3.8) is 0 Å². The maximum Gasteiger partial charge on any atom is 0.261 e. The van der Waals surface area contributed by atoms with E-state index in [0.29, 0.717) is 24.9 Å². The molecule has 4 N–H and O–H groups in total. The van der Waals surface area contributed by atoms with E-state index in [1.54, 1.807) is 0 Å². The largest absolute Gasteiger partial charge is 0.344 e. The fraction of sp³-hybridized carbons (Fsp3) is 0.483. The van der Waals surface area contributed by atoms with Crippen LogP contribution in [0.2, 0.25) is 0 Å². The van der Waals surface area contributed by atoms with E-state index in [1.165, 1.54) is 59.7 Å². The number of aromatic nitrogens is 1. The smallest absolute Gasteiger partial charge is 0.261 e. The summed E-state index contributed by atoms with van der Waals surface area (Å²) in [7, 11) is -3.67. The molecule has 1 atom stereocenters. The zero-order valence-corrected chi connectivity index (χ0v) is 22.8. The molecule has 3 aromatic rings. The highest BCUT2D eigenvalue weighted by Gasteiger charge is 2.20. The van der Waals surface area contributed by atoms with Crippen LogP contribution in [0.4, 0.5) is 5.69 Å². The first-order valence-electron chi connectivity index (χ1n) is 13.1. The van der Waals surface area contributed by atoms with Gasteiger partial charge < -0.3 is 15.6 Å². The van der Waals surface area contributed by atoms with Gasteiger partial charge in [-0.25, -0.2) is 4.85 Å². The van der Waals surface area contributed by atoms with Crippen LogP contribution in [0.3, 0.4) is 0 Å². The average Bonchev–Trinajstić information content (AvgIpc) is 3.23. The fourth-order valence-electron chi connectivity index (χ4n) is 5.20. The minimum Gasteiger partial charge on any atom is -0.344 e. The summed E-state index contributed by atoms with van der Waals surface area (Å²) in [6.07, 6.45) is 12.6. The van der Waals surface area contributed by atoms with Crippen LogP contribution in [0.15, 0.2) is 48.7 Å². The number of benzene rings is 2. The van der Waals surface area contributed by atoms with Crippen molar-refractivity contribution in [3.8, 4) is 0 Å². The lowest BCUT2D eigenvalue weighted by atomic mass is 9.95. The molecule has 1 fully saturated rings. The van der Waals surface area contributed by atoms with Crippen molar-refractivity contribution in [1.29, 1.82) is 0 Å². The second-order valence-electron chi connectivity index (χ2n) is 10.0. The van der Waals surface area contributed by atoms with Gasteiger partial charge in [0.2, 0.25) is 0 Å². The number of aryl methyl sites for hydroxylation is 2. The Morgan fingerprint density at radius 2 is 1.92 bits per heavy atom. The summed E-state index contributed by atoms with van der Waals surface area (Å²) >= 11 is 0. The first-order chi connectivity index (χ1) is 17.7. The lowest BCUT2D eigenvalue weighted by Gasteiger charge is -2.24. The number of nitrogens with zero attached hydrogens (tertiary/aromatic N) is 2. The van der Waals surface area contributed by atoms with E-state index in [9.17, 15) is 8.42 Å². The molecule has 1 aromatic heterocycles. The van der Waals surface area contributed by atoms with Crippen LogP contribution in [0, 0.1) is 13.5 Å². The Bertz CT molecular complexity index is 1300. The highest BCUT2D eigenvalue weighted by molar-refractivity contribution is 7.85. The van der Waals surface area contributed by atoms with Gasteiger partial charge >= 0.3 is 0 Å². The monoisotopic (exact) mass is 524 g/mol. The summed E-state index contributed by atoms with van der Waals surface area (Å²) in [6, 6.07) is 16.0. The second kappa shape index (κ2) is 13.7. The Labute approximate surface area is 221 Å². The summed E-state index contributed by atoms with van der Waals surface area (Å²) in [5.74, 6) is 0. The van der Waals surface area contributed by atoms with Crippen molar-refractivity contribution in [2.45, 2.75) is 70.4 Å². The van der Waals surface area contributed by atoms with E-state index >= 15 is 0 Å². The van der Waals surface area contributed by atoms with Crippen LogP contribution in [0.25, 0.3) is 15.7 Å². The minimum atomic E-state index is -3.67. The lowest BCUT2D eigenvalue weighted by Crippen LogP contribution is -2.24. The summed E-state index contributed by atoms with van der Waals surface area (Å²) in [4.78, 5) is 3.70. The molecule has 1 unspecified atom stereocenters. The molecule has 0 saturated heterocycles. The third kappa shape index (κ3) is 8.97. The maximum absolute atomic E-state index is 9.19. The van der Waals surface area contributed by atoms with Crippen molar-refractivity contribution in [3.05, 3.63) is 76.8 Å². The Morgan fingerprint density at radius 3 is 2.57 bits per heavy atom. The van der Waals surface area contributed by atoms with Crippen LogP contribution in [-0.4, -0.2) is 36.9 Å². The zero-order chi connectivity index (χ0) is 26.8. The van der Waals surface area contributed by atoms with Gasteiger partial charge in [0, 0.05) is 23.8 Å². The van der Waals surface area contributed by atoms with E-state index < -0.39 is 10.1 Å². The summed E-state index contributed by atoms with van der Waals surface area (Å²) in [6.45, 7) is 11.3. The summed E-state index contributed by atoms with van der Waals surface area (Å²) < 4.78 is 28.4. The average molecular weight is 525 g/mol. The van der Waals surface area contributed by atoms with Crippen molar-refractivity contribution < 1.29 is 13.0 Å². The molecule has 4 rings (SSSR count). The van der Waals surface area contributed by atoms with Gasteiger partial charge in [-0.05, 0) is 80.8 Å². The fourth-order valence-corrected chi connectivity index (χ4v) is 5.20. The maximum atomic E-state index is 9.19. The number of nitrogens with one attached hydrogen (secondary N) is 1. The van der Waals surface area contributed by atoms with Crippen molar-refractivity contribution in [2.24, 2.45) is 5.73 Å². The van der Waals surface area contributed by atoms with E-state index in [4.69, 9.17) is 16.9 Å². The van der Waals surface area contributed by atoms with E-state index in [0.717, 1.165) is 31.5 Å². The molecule has 0 aliphatic heterocycles. The molecule has 1 aliphatic carbocycles. The van der Waals surface area contributed by atoms with Gasteiger partial charge in [0.15, 0.2) is 5.69 Å². The molecule has 7 nitrogen and oxygen atoms in total. The molecule has 2 aromatic carbocycles. The molecule has 1 aliphatic rings. The third-order valence-electron chi connectivity index (χ3n) is 6.91. The molecule has 0 bridgehead atoms. The number of nitrogens with two attached hydrogens (primary N) is 1. The van der Waals surface area contributed by atoms with Crippen LogP contribution >= 0.6 is 0 Å². The van der Waals surface area contributed by atoms with Crippen LogP contribution in [0.1, 0.15) is 73.7 Å². The Balaban J connectivity index is 0.000000695. The first kappa shape index (κ1) is 28.9. The van der Waals surface area contributed by atoms with Crippen molar-refractivity contribution >= 4 is 26.7 Å². The Morgan fingerprint density at radius 1 is 1.19 bits per heavy atom. The predicted octanol–water partition coefficient (Wildman–Crippen LogP) is 6.12. The molecule has 1 heterocycles. The van der Waals surface area contributed by atoms with E-state index in [-0.39, 0.29) is 0 Å². The van der Waals surface area contributed by atoms with Crippen LogP contribution < -0.4 is 11.1 Å².